The van der Waals surface area contributed by atoms with Crippen LogP contribution < -0.4 is 19.3 Å². The monoisotopic (exact) mass is 972 g/mol. The predicted octanol–water partition coefficient (Wildman–Crippen LogP) is 17.8. The molecule has 0 unspecified atom stereocenters. The average Bonchev–Trinajstić information content (AvgIpc) is 3.96. The lowest BCUT2D eigenvalue weighted by Gasteiger charge is -2.28. The molecule has 72 heavy (non-hydrogen) atoms. The molecule has 10 aromatic carbocycles. The van der Waals surface area contributed by atoms with Crippen LogP contribution in [0.4, 0.5) is 34.1 Å². The smallest absolute Gasteiger partial charge is 0.158 e. The van der Waals surface area contributed by atoms with Gasteiger partial charge in [0, 0.05) is 67.7 Å². The molecule has 12 rings (SSSR count). The Hall–Kier alpha value is -8.34. The van der Waals surface area contributed by atoms with E-state index in [0.29, 0.717) is 22.7 Å². The molecule has 1 N–H and O–H groups in total. The minimum atomic E-state index is 0.585. The summed E-state index contributed by atoms with van der Waals surface area (Å²) in [5, 5.41) is 4.65. The molecule has 0 atom stereocenters. The van der Waals surface area contributed by atoms with Gasteiger partial charge in [0.15, 0.2) is 11.5 Å². The van der Waals surface area contributed by atoms with Gasteiger partial charge >= 0.3 is 0 Å². The molecule has 0 aliphatic rings. The van der Waals surface area contributed by atoms with E-state index in [2.05, 4.69) is 231 Å². The second kappa shape index (κ2) is 19.1. The van der Waals surface area contributed by atoms with Crippen molar-refractivity contribution in [1.82, 2.24) is 9.13 Å². The second-order valence-corrected chi connectivity index (χ2v) is 18.9. The fourth-order valence-corrected chi connectivity index (χ4v) is 11.4. The number of benzene rings is 10. The van der Waals surface area contributed by atoms with Gasteiger partial charge < -0.3 is 33.0 Å². The van der Waals surface area contributed by atoms with E-state index in [-0.39, 0.29) is 0 Å². The molecule has 2 aromatic heterocycles. The van der Waals surface area contributed by atoms with Crippen LogP contribution in [0.15, 0.2) is 240 Å². The molecule has 9 heteroatoms. The van der Waals surface area contributed by atoms with Crippen LogP contribution in [0.1, 0.15) is 0 Å². The van der Waals surface area contributed by atoms with Crippen LogP contribution >= 0.6 is 23.8 Å². The molecule has 0 saturated heterocycles. The lowest BCUT2D eigenvalue weighted by molar-refractivity contribution is 0.405. The Balaban J connectivity index is 0.950. The van der Waals surface area contributed by atoms with Crippen molar-refractivity contribution in [2.75, 3.05) is 30.3 Å². The maximum absolute atomic E-state index is 10.4. The van der Waals surface area contributed by atoms with Crippen LogP contribution in [0.5, 0.6) is 11.5 Å². The van der Waals surface area contributed by atoms with E-state index in [0.717, 1.165) is 100 Å². The minimum absolute atomic E-state index is 0.585. The van der Waals surface area contributed by atoms with Crippen LogP contribution in [0.2, 0.25) is 0 Å². The summed E-state index contributed by atoms with van der Waals surface area (Å²) in [7, 11) is 3.40. The maximum Gasteiger partial charge on any atom is 0.158 e. The summed E-state index contributed by atoms with van der Waals surface area (Å²) in [6.07, 6.45) is 2.09. The first-order valence-electron chi connectivity index (χ1n) is 23.7. The Labute approximate surface area is 426 Å². The summed E-state index contributed by atoms with van der Waals surface area (Å²) in [4.78, 5) is 6.20. The largest absolute Gasteiger partial charge is 0.493 e. The maximum atomic E-state index is 10.4. The third-order valence-corrected chi connectivity index (χ3v) is 14.8. The summed E-state index contributed by atoms with van der Waals surface area (Å²) < 4.78 is 27.3. The van der Waals surface area contributed by atoms with E-state index < -0.39 is 0 Å². The first-order chi connectivity index (χ1) is 35.6. The van der Waals surface area contributed by atoms with Gasteiger partial charge in [-0.15, -0.1) is 11.8 Å². The van der Waals surface area contributed by atoms with Crippen molar-refractivity contribution < 1.29 is 14.0 Å². The number of hydrogen-bond donors (Lipinski definition) is 1. The summed E-state index contributed by atoms with van der Waals surface area (Å²) in [5.74, 6) is 1.41. The summed E-state index contributed by atoms with van der Waals surface area (Å²) in [5.41, 5.74) is 14.6. The van der Waals surface area contributed by atoms with Crippen LogP contribution in [-0.4, -0.2) is 34.2 Å². The van der Waals surface area contributed by atoms with Crippen molar-refractivity contribution in [2.24, 2.45) is 0 Å². The molecule has 0 bridgehead atoms. The highest BCUT2D eigenvalue weighted by atomic mass is 32.2. The number of anilines is 6. The van der Waals surface area contributed by atoms with Crippen molar-refractivity contribution in [3.05, 3.63) is 231 Å². The van der Waals surface area contributed by atoms with Gasteiger partial charge in [0.2, 0.25) is 0 Å². The molecule has 0 amide bonds. The Morgan fingerprint density at radius 1 is 0.375 bits per heavy atom. The van der Waals surface area contributed by atoms with Crippen molar-refractivity contribution in [3.63, 3.8) is 0 Å². The van der Waals surface area contributed by atoms with Gasteiger partial charge in [-0.05, 0) is 139 Å². The van der Waals surface area contributed by atoms with Gasteiger partial charge in [-0.2, -0.15) is 0 Å². The molecule has 0 fully saturated rings. The van der Waals surface area contributed by atoms with E-state index in [1.54, 1.807) is 26.0 Å². The second-order valence-electron chi connectivity index (χ2n) is 17.5. The van der Waals surface area contributed by atoms with E-state index in [1.807, 2.05) is 24.3 Å². The number of thioether (sulfide) groups is 1. The molecule has 0 aliphatic carbocycles. The first-order valence-corrected chi connectivity index (χ1v) is 25.7. The quantitative estimate of drug-likeness (QED) is 0.0912. The predicted molar refractivity (Wildman–Crippen MR) is 303 cm³/mol. The highest BCUT2D eigenvalue weighted by Gasteiger charge is 2.24. The van der Waals surface area contributed by atoms with Crippen LogP contribution in [-0.2, 0) is 0 Å². The summed E-state index contributed by atoms with van der Waals surface area (Å²) in [6, 6.07) is 81.3. The highest BCUT2D eigenvalue weighted by molar-refractivity contribution is 7.98. The van der Waals surface area contributed by atoms with Crippen molar-refractivity contribution in [1.29, 1.82) is 0 Å². The third kappa shape index (κ3) is 7.70. The van der Waals surface area contributed by atoms with Crippen molar-refractivity contribution in [2.45, 2.75) is 9.79 Å². The molecule has 350 valence electrons. The van der Waals surface area contributed by atoms with Gasteiger partial charge in [0.1, 0.15) is 0 Å². The molecular formula is C63H48N4O3S2. The summed E-state index contributed by atoms with van der Waals surface area (Å²) in [6.45, 7) is 0. The number of aromatic nitrogens is 2. The van der Waals surface area contributed by atoms with Crippen LogP contribution in [0.25, 0.3) is 66.1 Å². The topological polar surface area (TPSA) is 55.0 Å². The van der Waals surface area contributed by atoms with Gasteiger partial charge in [-0.1, -0.05) is 109 Å². The molecule has 7 nitrogen and oxygen atoms in total. The Morgan fingerprint density at radius 3 is 1.19 bits per heavy atom. The van der Waals surface area contributed by atoms with E-state index >= 15 is 0 Å². The number of rotatable bonds is 13. The number of fused-ring (bicyclic) bond motifs is 6. The Morgan fingerprint density at radius 2 is 0.764 bits per heavy atom. The lowest BCUT2D eigenvalue weighted by Crippen LogP contribution is -2.12. The van der Waals surface area contributed by atoms with Crippen molar-refractivity contribution >= 4 is 102 Å². The van der Waals surface area contributed by atoms with Crippen LogP contribution in [0.3, 0.4) is 0 Å². The van der Waals surface area contributed by atoms with Gasteiger partial charge in [-0.3, -0.25) is 0 Å². The van der Waals surface area contributed by atoms with Crippen molar-refractivity contribution in [3.8, 4) is 34.0 Å². The lowest BCUT2D eigenvalue weighted by atomic mass is 10.0. The molecule has 12 aromatic rings. The van der Waals surface area contributed by atoms with E-state index in [1.165, 1.54) is 10.8 Å². The Kier molecular flexibility index (Phi) is 11.9. The molecule has 0 spiro atoms. The molecule has 0 saturated carbocycles. The first kappa shape index (κ1) is 44.8. The number of nitrogens with zero attached hydrogens (tertiary/aromatic N) is 4. The molecule has 0 radical (unpaired) electrons. The zero-order valence-electron chi connectivity index (χ0n) is 39.8. The van der Waals surface area contributed by atoms with E-state index in [9.17, 15) is 4.55 Å². The zero-order chi connectivity index (χ0) is 48.7. The van der Waals surface area contributed by atoms with Gasteiger partial charge in [0.25, 0.3) is 0 Å². The normalized spacial score (nSPS) is 11.4. The fourth-order valence-electron chi connectivity index (χ4n) is 10.4. The molecule has 2 heterocycles. The highest BCUT2D eigenvalue weighted by Crippen LogP contribution is 2.48. The molecule has 0 aliphatic heterocycles. The SMILES string of the molecule is COc1c(SC)cccc1N(c1ccc(-c2ccc(N(c3ccc4c(c3)c3ccccc3n4-c3ccccc3)c3cccc(SO)c3OC)cc2)cc1)c1ccc2c(c1)c1ccccc1n2-c1ccccc1. The number of para-hydroxylation sites is 6. The van der Waals surface area contributed by atoms with Gasteiger partial charge in [0.05, 0.1) is 57.5 Å². The summed E-state index contributed by atoms with van der Waals surface area (Å²) >= 11 is 2.36. The number of ether oxygens (including phenoxy) is 2. The average molecular weight is 973 g/mol. The fraction of sp³-hybridized carbons (Fsp3) is 0.0476. The van der Waals surface area contributed by atoms with Crippen LogP contribution in [0, 0.1) is 0 Å². The zero-order valence-corrected chi connectivity index (χ0v) is 41.4. The van der Waals surface area contributed by atoms with E-state index in [4.69, 9.17) is 9.47 Å². The standard InChI is InChI=1S/C63H48N4O3S2/c1-69-62-58(24-14-26-60(62)71-3)64(48-36-38-56-52(40-48)50-20-10-12-22-54(50)66(56)44-16-6-4-7-17-44)46-32-28-42(29-33-46)43-30-34-47(35-31-43)65(59-25-15-27-61(72-68)63(59)70-2)49-37-39-57-53(41-49)51-21-11-13-23-55(51)67(57)45-18-8-5-9-19-45/h4-41,68H,1-3H3. The number of hydrogen-bond acceptors (Lipinski definition) is 7. The Bertz CT molecular complexity index is 3670. The van der Waals surface area contributed by atoms with Gasteiger partial charge in [-0.25, -0.2) is 0 Å². The third-order valence-electron chi connectivity index (χ3n) is 13.6. The minimum Gasteiger partial charge on any atom is -0.493 e. The number of methoxy groups -OCH3 is 2. The molecular weight excluding hydrogens is 925 g/mol.